The summed E-state index contributed by atoms with van der Waals surface area (Å²) >= 11 is 0. The predicted molar refractivity (Wildman–Crippen MR) is 40.5 cm³/mol. The fourth-order valence-electron chi connectivity index (χ4n) is 0. The first-order valence-electron chi connectivity index (χ1n) is 1.99. The lowest BCUT2D eigenvalue weighted by molar-refractivity contribution is -0.114. The van der Waals surface area contributed by atoms with E-state index in [1.54, 1.807) is 0 Å². The molecule has 0 heterocycles. The lowest BCUT2D eigenvalue weighted by atomic mass is 10.6. The third kappa shape index (κ3) is 405. The molecule has 0 atom stereocenters. The zero-order valence-electron chi connectivity index (χ0n) is 5.47. The van der Waals surface area contributed by atoms with Crippen LogP contribution in [0.5, 0.6) is 0 Å². The number of hydrogen-bond acceptors (Lipinski definition) is 2. The number of ketones is 1. The molecule has 0 spiro atoms. The van der Waals surface area contributed by atoms with Crippen LogP contribution in [0, 0.1) is 0 Å². The normalized spacial score (nSPS) is 5.56. The van der Waals surface area contributed by atoms with Crippen LogP contribution >= 0.6 is 13.5 Å². The maximum Gasteiger partial charge on any atom is 0.309 e. The van der Waals surface area contributed by atoms with Gasteiger partial charge in [0.2, 0.25) is 0 Å². The van der Waals surface area contributed by atoms with Crippen molar-refractivity contribution >= 4 is 25.3 Å². The van der Waals surface area contributed by atoms with E-state index in [1.807, 2.05) is 0 Å². The zero-order valence-corrected chi connectivity index (χ0v) is 6.47. The third-order valence-electron chi connectivity index (χ3n) is 0. The van der Waals surface area contributed by atoms with Crippen LogP contribution in [0.25, 0.3) is 0 Å². The van der Waals surface area contributed by atoms with Gasteiger partial charge in [-0.15, -0.1) is 0 Å². The molecule has 4 N–H and O–H groups in total. The molecule has 0 unspecified atom stereocenters. The summed E-state index contributed by atoms with van der Waals surface area (Å²) in [5.41, 5.74) is 8.50. The largest absolute Gasteiger partial charge is 0.352 e. The summed E-state index contributed by atoms with van der Waals surface area (Å²) < 4.78 is 0. The number of amides is 2. The van der Waals surface area contributed by atoms with E-state index in [0.717, 1.165) is 0 Å². The van der Waals surface area contributed by atoms with E-state index in [1.165, 1.54) is 13.8 Å². The van der Waals surface area contributed by atoms with Gasteiger partial charge in [0.1, 0.15) is 5.78 Å². The molecule has 56 valence electrons. The first-order chi connectivity index (χ1) is 3.46. The fraction of sp³-hybridized carbons (Fsp3) is 0.500. The molecule has 0 bridgehead atoms. The molecule has 0 rings (SSSR count). The maximum atomic E-state index is 9.44. The smallest absolute Gasteiger partial charge is 0.309 e. The van der Waals surface area contributed by atoms with Gasteiger partial charge in [-0.2, -0.15) is 13.5 Å². The molecule has 0 radical (unpaired) electrons. The minimum absolute atomic E-state index is 0. The van der Waals surface area contributed by atoms with Gasteiger partial charge < -0.3 is 16.3 Å². The Kier molecular flexibility index (Phi) is 18.0. The predicted octanol–water partition coefficient (Wildman–Crippen LogP) is -0.268. The standard InChI is InChI=1S/C3H6O.CH4N2O.H2S/c1-3(2)4;2-1(3)4;/h1-2H3;(H4,2,3,4);1H2. The van der Waals surface area contributed by atoms with E-state index < -0.39 is 6.03 Å². The summed E-state index contributed by atoms with van der Waals surface area (Å²) in [7, 11) is 0. The molecule has 0 fully saturated rings. The molecular formula is C4H12N2O2S. The minimum atomic E-state index is -0.833. The van der Waals surface area contributed by atoms with Crippen LogP contribution in [0.15, 0.2) is 0 Å². The molecule has 4 nitrogen and oxygen atoms in total. The highest BCUT2D eigenvalue weighted by Crippen LogP contribution is 1.50. The summed E-state index contributed by atoms with van der Waals surface area (Å²) in [6.07, 6.45) is 0. The monoisotopic (exact) mass is 152 g/mol. The number of nitrogens with two attached hydrogens (primary N) is 2. The molecule has 0 saturated heterocycles. The molecule has 0 aliphatic rings. The topological polar surface area (TPSA) is 86.2 Å². The molecule has 0 saturated carbocycles. The first-order valence-corrected chi connectivity index (χ1v) is 1.99. The fourth-order valence-corrected chi connectivity index (χ4v) is 0. The van der Waals surface area contributed by atoms with Gasteiger partial charge in [0, 0.05) is 0 Å². The molecular weight excluding hydrogens is 140 g/mol. The van der Waals surface area contributed by atoms with E-state index in [-0.39, 0.29) is 19.3 Å². The van der Waals surface area contributed by atoms with E-state index in [0.29, 0.717) is 0 Å². The van der Waals surface area contributed by atoms with Crippen molar-refractivity contribution in [1.82, 2.24) is 0 Å². The van der Waals surface area contributed by atoms with Crippen molar-refractivity contribution in [3.63, 3.8) is 0 Å². The Morgan fingerprint density at radius 3 is 1.11 bits per heavy atom. The van der Waals surface area contributed by atoms with Crippen LogP contribution in [-0.4, -0.2) is 11.8 Å². The number of Topliss-reactive ketones (excluding diaryl/α,β-unsaturated/α-hetero) is 1. The van der Waals surface area contributed by atoms with Gasteiger partial charge in [-0.1, -0.05) is 0 Å². The number of hydrogen-bond donors (Lipinski definition) is 2. The number of urea groups is 1. The second-order valence-electron chi connectivity index (χ2n) is 1.31. The average Bonchev–Trinajstić information content (AvgIpc) is 1.25. The Bertz CT molecular complexity index is 74.6. The Labute approximate surface area is 61.0 Å². The average molecular weight is 152 g/mol. The van der Waals surface area contributed by atoms with Crippen LogP contribution in [0.4, 0.5) is 4.79 Å². The van der Waals surface area contributed by atoms with Crippen molar-refractivity contribution in [2.45, 2.75) is 13.8 Å². The molecule has 5 heteroatoms. The first kappa shape index (κ1) is 15.7. The SMILES string of the molecule is CC(C)=O.NC(N)=O.S. The molecule has 0 aliphatic heterocycles. The van der Waals surface area contributed by atoms with Crippen LogP contribution in [-0.2, 0) is 4.79 Å². The summed E-state index contributed by atoms with van der Waals surface area (Å²) in [5, 5.41) is 0. The number of primary amides is 2. The Hall–Kier alpha value is -0.710. The Morgan fingerprint density at radius 1 is 1.11 bits per heavy atom. The van der Waals surface area contributed by atoms with Crippen molar-refractivity contribution in [3.8, 4) is 0 Å². The van der Waals surface area contributed by atoms with E-state index in [4.69, 9.17) is 4.79 Å². The van der Waals surface area contributed by atoms with Gasteiger partial charge in [-0.05, 0) is 13.8 Å². The van der Waals surface area contributed by atoms with Crippen molar-refractivity contribution in [3.05, 3.63) is 0 Å². The van der Waals surface area contributed by atoms with Crippen LogP contribution in [0.1, 0.15) is 13.8 Å². The van der Waals surface area contributed by atoms with Gasteiger partial charge in [-0.3, -0.25) is 0 Å². The molecule has 0 aliphatic carbocycles. The van der Waals surface area contributed by atoms with E-state index >= 15 is 0 Å². The van der Waals surface area contributed by atoms with Gasteiger partial charge in [0.15, 0.2) is 0 Å². The quantitative estimate of drug-likeness (QED) is 0.500. The number of carbonyl (C=O) groups excluding carboxylic acids is 2. The van der Waals surface area contributed by atoms with Crippen LogP contribution < -0.4 is 11.5 Å². The summed E-state index contributed by atoms with van der Waals surface area (Å²) in [4.78, 5) is 18.4. The Morgan fingerprint density at radius 2 is 1.11 bits per heavy atom. The lowest BCUT2D eigenvalue weighted by Crippen LogP contribution is -2.18. The summed E-state index contributed by atoms with van der Waals surface area (Å²) in [6, 6.07) is -0.833. The van der Waals surface area contributed by atoms with Crippen molar-refractivity contribution in [2.75, 3.05) is 0 Å². The van der Waals surface area contributed by atoms with Crippen molar-refractivity contribution < 1.29 is 9.59 Å². The summed E-state index contributed by atoms with van der Waals surface area (Å²) in [6.45, 7) is 3.06. The molecule has 9 heavy (non-hydrogen) atoms. The highest BCUT2D eigenvalue weighted by atomic mass is 32.1. The second kappa shape index (κ2) is 10.3. The van der Waals surface area contributed by atoms with E-state index in [2.05, 4.69) is 11.5 Å². The number of rotatable bonds is 0. The van der Waals surface area contributed by atoms with Gasteiger partial charge >= 0.3 is 6.03 Å². The van der Waals surface area contributed by atoms with E-state index in [9.17, 15) is 4.79 Å². The lowest BCUT2D eigenvalue weighted by Gasteiger charge is -1.62. The van der Waals surface area contributed by atoms with Crippen molar-refractivity contribution in [2.24, 2.45) is 11.5 Å². The van der Waals surface area contributed by atoms with Crippen LogP contribution in [0.2, 0.25) is 0 Å². The van der Waals surface area contributed by atoms with Gasteiger partial charge in [-0.25, -0.2) is 4.79 Å². The molecule has 2 amide bonds. The molecule has 0 aromatic carbocycles. The number of carbonyl (C=O) groups is 2. The van der Waals surface area contributed by atoms with Crippen molar-refractivity contribution in [1.29, 1.82) is 0 Å². The Balaban J connectivity index is -0.0000000720. The second-order valence-corrected chi connectivity index (χ2v) is 1.31. The minimum Gasteiger partial charge on any atom is -0.352 e. The van der Waals surface area contributed by atoms with Crippen LogP contribution in [0.3, 0.4) is 0 Å². The maximum absolute atomic E-state index is 9.44. The summed E-state index contributed by atoms with van der Waals surface area (Å²) in [5.74, 6) is 0.167. The molecule has 0 aromatic heterocycles. The zero-order chi connectivity index (χ0) is 7.15. The van der Waals surface area contributed by atoms with Gasteiger partial charge in [0.25, 0.3) is 0 Å². The third-order valence-corrected chi connectivity index (χ3v) is 0. The highest BCUT2D eigenvalue weighted by Gasteiger charge is 1.62. The molecule has 0 aromatic rings. The highest BCUT2D eigenvalue weighted by molar-refractivity contribution is 7.59. The van der Waals surface area contributed by atoms with Gasteiger partial charge in [0.05, 0.1) is 0 Å².